The highest BCUT2D eigenvalue weighted by Crippen LogP contribution is 2.30. The van der Waals surface area contributed by atoms with Gasteiger partial charge < -0.3 is 15.7 Å². The van der Waals surface area contributed by atoms with Gasteiger partial charge in [0.25, 0.3) is 0 Å². The van der Waals surface area contributed by atoms with Crippen molar-refractivity contribution in [1.82, 2.24) is 9.97 Å². The molecule has 0 saturated carbocycles. The molecule has 0 aliphatic rings. The zero-order chi connectivity index (χ0) is 15.3. The predicted octanol–water partition coefficient (Wildman–Crippen LogP) is 2.99. The first kappa shape index (κ1) is 16.7. The van der Waals surface area contributed by atoms with Crippen LogP contribution in [-0.4, -0.2) is 33.3 Å². The van der Waals surface area contributed by atoms with Gasteiger partial charge in [-0.25, -0.2) is 9.97 Å². The zero-order valence-electron chi connectivity index (χ0n) is 13.5. The molecule has 1 rings (SSSR count). The molecule has 5 nitrogen and oxygen atoms in total. The van der Waals surface area contributed by atoms with Crippen LogP contribution in [0.2, 0.25) is 0 Å². The first-order valence-electron chi connectivity index (χ1n) is 7.34. The number of nitrogens with zero attached hydrogens (tertiary/aromatic N) is 2. The Labute approximate surface area is 122 Å². The normalized spacial score (nSPS) is 13.4. The lowest BCUT2D eigenvalue weighted by molar-refractivity contribution is 0.133. The van der Waals surface area contributed by atoms with Gasteiger partial charge in [0, 0.05) is 12.1 Å². The first-order chi connectivity index (χ1) is 9.29. The second kappa shape index (κ2) is 6.88. The maximum Gasteiger partial charge on any atom is 0.135 e. The van der Waals surface area contributed by atoms with E-state index in [1.165, 1.54) is 0 Å². The number of nitrogens with one attached hydrogen (secondary N) is 2. The Morgan fingerprint density at radius 3 is 2.30 bits per heavy atom. The van der Waals surface area contributed by atoms with Gasteiger partial charge in [0.1, 0.15) is 18.0 Å². The second-order valence-electron chi connectivity index (χ2n) is 6.09. The van der Waals surface area contributed by atoms with E-state index in [9.17, 15) is 5.11 Å². The van der Waals surface area contributed by atoms with Crippen LogP contribution in [-0.2, 0) is 0 Å². The van der Waals surface area contributed by atoms with Gasteiger partial charge in [-0.2, -0.15) is 0 Å². The second-order valence-corrected chi connectivity index (χ2v) is 6.09. The van der Waals surface area contributed by atoms with Gasteiger partial charge in [-0.15, -0.1) is 0 Å². The summed E-state index contributed by atoms with van der Waals surface area (Å²) in [4.78, 5) is 8.71. The highest BCUT2D eigenvalue weighted by molar-refractivity contribution is 5.59. The summed E-state index contributed by atoms with van der Waals surface area (Å²) < 4.78 is 0. The summed E-state index contributed by atoms with van der Waals surface area (Å²) in [6.45, 7) is 13.0. The van der Waals surface area contributed by atoms with Crippen molar-refractivity contribution in [3.05, 3.63) is 11.9 Å². The van der Waals surface area contributed by atoms with Crippen molar-refractivity contribution in [2.75, 3.05) is 17.2 Å². The molecular weight excluding hydrogens is 252 g/mol. The Balaban J connectivity index is 3.12. The molecule has 0 fully saturated rings. The van der Waals surface area contributed by atoms with Crippen molar-refractivity contribution < 1.29 is 5.11 Å². The number of rotatable bonds is 7. The highest BCUT2D eigenvalue weighted by atomic mass is 16.3. The van der Waals surface area contributed by atoms with E-state index in [2.05, 4.69) is 41.4 Å². The van der Waals surface area contributed by atoms with Gasteiger partial charge in [-0.05, 0) is 33.1 Å². The van der Waals surface area contributed by atoms with E-state index in [1.807, 2.05) is 13.8 Å². The molecule has 5 heteroatoms. The van der Waals surface area contributed by atoms with Crippen LogP contribution in [0.1, 0.15) is 59.4 Å². The number of aromatic nitrogens is 2. The van der Waals surface area contributed by atoms with Crippen LogP contribution in [0.5, 0.6) is 0 Å². The van der Waals surface area contributed by atoms with Crippen LogP contribution < -0.4 is 10.6 Å². The minimum atomic E-state index is -0.482. The van der Waals surface area contributed by atoms with Gasteiger partial charge >= 0.3 is 0 Å². The molecule has 0 amide bonds. The quantitative estimate of drug-likeness (QED) is 0.716. The summed E-state index contributed by atoms with van der Waals surface area (Å²) in [5, 5.41) is 16.5. The molecule has 1 atom stereocenters. The smallest absolute Gasteiger partial charge is 0.135 e. The highest BCUT2D eigenvalue weighted by Gasteiger charge is 2.26. The van der Waals surface area contributed by atoms with Crippen molar-refractivity contribution in [3.63, 3.8) is 0 Å². The monoisotopic (exact) mass is 280 g/mol. The number of hydrogen-bond acceptors (Lipinski definition) is 5. The molecule has 1 heterocycles. The van der Waals surface area contributed by atoms with Crippen LogP contribution in [0.3, 0.4) is 0 Å². The fourth-order valence-electron chi connectivity index (χ4n) is 1.84. The van der Waals surface area contributed by atoms with Gasteiger partial charge in [0.2, 0.25) is 0 Å². The maximum absolute atomic E-state index is 9.86. The van der Waals surface area contributed by atoms with Crippen molar-refractivity contribution in [2.45, 2.75) is 65.5 Å². The van der Waals surface area contributed by atoms with Crippen LogP contribution >= 0.6 is 0 Å². The van der Waals surface area contributed by atoms with Crippen molar-refractivity contribution in [2.24, 2.45) is 0 Å². The summed E-state index contributed by atoms with van der Waals surface area (Å²) in [5.74, 6) is 1.96. The van der Waals surface area contributed by atoms with Gasteiger partial charge in [-0.3, -0.25) is 0 Å². The van der Waals surface area contributed by atoms with Crippen molar-refractivity contribution in [1.29, 1.82) is 0 Å². The predicted molar refractivity (Wildman–Crippen MR) is 84.3 cm³/mol. The number of aliphatic hydroxyl groups excluding tert-OH is 1. The Kier molecular flexibility index (Phi) is 5.74. The van der Waals surface area contributed by atoms with Crippen LogP contribution in [0, 0.1) is 0 Å². The van der Waals surface area contributed by atoms with Gasteiger partial charge in [-0.1, -0.05) is 20.8 Å². The molecular formula is C15H28N4O. The van der Waals surface area contributed by atoms with E-state index in [0.29, 0.717) is 5.92 Å². The average Bonchev–Trinajstić information content (AvgIpc) is 2.35. The Hall–Kier alpha value is -1.36. The summed E-state index contributed by atoms with van der Waals surface area (Å²) >= 11 is 0. The largest absolute Gasteiger partial charge is 0.391 e. The van der Waals surface area contributed by atoms with E-state index >= 15 is 0 Å². The van der Waals surface area contributed by atoms with Gasteiger partial charge in [0.15, 0.2) is 0 Å². The van der Waals surface area contributed by atoms with E-state index in [0.717, 1.165) is 30.2 Å². The Morgan fingerprint density at radius 2 is 1.80 bits per heavy atom. The lowest BCUT2D eigenvalue weighted by Gasteiger charge is -2.31. The summed E-state index contributed by atoms with van der Waals surface area (Å²) in [6.07, 6.45) is 2.12. The van der Waals surface area contributed by atoms with Gasteiger partial charge in [0.05, 0.1) is 11.6 Å². The third-order valence-electron chi connectivity index (χ3n) is 3.49. The van der Waals surface area contributed by atoms with E-state index in [4.69, 9.17) is 0 Å². The third kappa shape index (κ3) is 4.07. The molecule has 114 valence electrons. The third-order valence-corrected chi connectivity index (χ3v) is 3.49. The minimum absolute atomic E-state index is 0.294. The first-order valence-corrected chi connectivity index (χ1v) is 7.34. The fourth-order valence-corrected chi connectivity index (χ4v) is 1.84. The van der Waals surface area contributed by atoms with Crippen LogP contribution in [0.4, 0.5) is 11.6 Å². The molecule has 0 bridgehead atoms. The fraction of sp³-hybridized carbons (Fsp3) is 0.733. The van der Waals surface area contributed by atoms with Crippen molar-refractivity contribution in [3.8, 4) is 0 Å². The molecule has 0 saturated heterocycles. The standard InChI is InChI=1S/C15H28N4O/c1-7-8-16-13-12(10(2)3)14(18-9-17-13)19-15(5,6)11(4)20/h9-11,20H,7-8H2,1-6H3,(H2,16,17,18,19). The SMILES string of the molecule is CCCNc1ncnc(NC(C)(C)C(C)O)c1C(C)C. The molecule has 20 heavy (non-hydrogen) atoms. The molecule has 3 N–H and O–H groups in total. The van der Waals surface area contributed by atoms with E-state index in [-0.39, 0.29) is 0 Å². The van der Waals surface area contributed by atoms with E-state index < -0.39 is 11.6 Å². The number of aliphatic hydroxyl groups is 1. The summed E-state index contributed by atoms with van der Waals surface area (Å²) in [6, 6.07) is 0. The molecule has 1 unspecified atom stereocenters. The molecule has 1 aromatic rings. The average molecular weight is 280 g/mol. The van der Waals surface area contributed by atoms with E-state index in [1.54, 1.807) is 13.3 Å². The Bertz CT molecular complexity index is 430. The maximum atomic E-state index is 9.86. The number of anilines is 2. The summed E-state index contributed by atoms with van der Waals surface area (Å²) in [5.41, 5.74) is 0.620. The lowest BCUT2D eigenvalue weighted by Crippen LogP contribution is -2.42. The molecule has 1 aromatic heterocycles. The molecule has 0 aliphatic heterocycles. The lowest BCUT2D eigenvalue weighted by atomic mass is 9.97. The molecule has 0 spiro atoms. The Morgan fingerprint density at radius 1 is 1.20 bits per heavy atom. The zero-order valence-corrected chi connectivity index (χ0v) is 13.5. The topological polar surface area (TPSA) is 70.1 Å². The minimum Gasteiger partial charge on any atom is -0.391 e. The van der Waals surface area contributed by atoms with Crippen molar-refractivity contribution >= 4 is 11.6 Å². The summed E-state index contributed by atoms with van der Waals surface area (Å²) in [7, 11) is 0. The molecule has 0 aliphatic carbocycles. The number of hydrogen-bond donors (Lipinski definition) is 3. The van der Waals surface area contributed by atoms with Crippen LogP contribution in [0.25, 0.3) is 0 Å². The molecule has 0 aromatic carbocycles. The molecule has 0 radical (unpaired) electrons. The van der Waals surface area contributed by atoms with Crippen LogP contribution in [0.15, 0.2) is 6.33 Å².